The van der Waals surface area contributed by atoms with Gasteiger partial charge in [-0.1, -0.05) is 41.5 Å². The van der Waals surface area contributed by atoms with E-state index in [1.165, 1.54) is 0 Å². The van der Waals surface area contributed by atoms with E-state index in [1.54, 1.807) is 48.5 Å². The molecule has 0 aromatic heterocycles. The minimum Gasteiger partial charge on any atom is -0.588 e. The predicted octanol–water partition coefficient (Wildman–Crippen LogP) is 4.25. The Morgan fingerprint density at radius 3 is 2.24 bits per heavy atom. The molecule has 0 saturated heterocycles. The Labute approximate surface area is 175 Å². The van der Waals surface area contributed by atoms with Gasteiger partial charge in [-0.15, -0.1) is 4.72 Å². The summed E-state index contributed by atoms with van der Waals surface area (Å²) < 4.78 is 32.4. The van der Waals surface area contributed by atoms with Crippen LogP contribution in [-0.4, -0.2) is 14.8 Å². The van der Waals surface area contributed by atoms with Crippen molar-refractivity contribution in [2.24, 2.45) is 0 Å². The van der Waals surface area contributed by atoms with Gasteiger partial charge in [-0.25, -0.2) is 9.00 Å². The molecule has 2 unspecified atom stereocenters. The molecule has 0 fully saturated rings. The lowest BCUT2D eigenvalue weighted by atomic mass is 10.2. The Hall–Kier alpha value is -2.81. The first-order valence-corrected chi connectivity index (χ1v) is 11.0. The Balaban J connectivity index is 1.60. The average molecular weight is 429 g/mol. The van der Waals surface area contributed by atoms with Crippen LogP contribution in [0.4, 0.5) is 10.5 Å². The number of urea groups is 1. The van der Waals surface area contributed by atoms with E-state index in [2.05, 4.69) is 10.0 Å². The highest BCUT2D eigenvalue weighted by atomic mass is 32.2. The second-order valence-electron chi connectivity index (χ2n) is 6.30. The zero-order chi connectivity index (χ0) is 20.8. The Morgan fingerprint density at radius 1 is 0.966 bits per heavy atom. The van der Waals surface area contributed by atoms with Gasteiger partial charge in [0.15, 0.2) is 4.90 Å². The summed E-state index contributed by atoms with van der Waals surface area (Å²) in [4.78, 5) is 13.2. The van der Waals surface area contributed by atoms with Gasteiger partial charge in [0.05, 0.1) is 4.90 Å². The first-order valence-electron chi connectivity index (χ1n) is 8.73. The van der Waals surface area contributed by atoms with Crippen molar-refractivity contribution >= 4 is 34.2 Å². The van der Waals surface area contributed by atoms with Crippen LogP contribution in [0.5, 0.6) is 5.75 Å². The van der Waals surface area contributed by atoms with E-state index in [1.807, 2.05) is 38.1 Å². The maximum absolute atomic E-state index is 12.3. The van der Waals surface area contributed by atoms with Gasteiger partial charge in [0.2, 0.25) is 11.1 Å². The van der Waals surface area contributed by atoms with Crippen molar-refractivity contribution in [1.29, 1.82) is 0 Å². The van der Waals surface area contributed by atoms with Crippen molar-refractivity contribution in [3.8, 4) is 5.75 Å². The summed E-state index contributed by atoms with van der Waals surface area (Å²) in [7, 11) is 0. The second-order valence-corrected chi connectivity index (χ2v) is 8.62. The van der Waals surface area contributed by atoms with Crippen molar-refractivity contribution < 1.29 is 17.7 Å². The van der Waals surface area contributed by atoms with Gasteiger partial charge in [-0.3, -0.25) is 0 Å². The van der Waals surface area contributed by atoms with Crippen molar-refractivity contribution in [3.63, 3.8) is 0 Å². The molecule has 150 valence electrons. The SMILES string of the molecule is Cc1ccc(S(=O)Oc2cccc(NC(=O)N[S+]([O-])c3ccc(C)cc3)c2)cc1. The van der Waals surface area contributed by atoms with Crippen molar-refractivity contribution in [2.45, 2.75) is 23.6 Å². The van der Waals surface area contributed by atoms with E-state index in [0.717, 1.165) is 11.1 Å². The fraction of sp³-hybridized carbons (Fsp3) is 0.0952. The highest BCUT2D eigenvalue weighted by molar-refractivity contribution is 7.90. The number of hydrogen-bond donors (Lipinski definition) is 2. The number of nitrogens with one attached hydrogen (secondary N) is 2. The number of anilines is 1. The topological polar surface area (TPSA) is 90.5 Å². The lowest BCUT2D eigenvalue weighted by molar-refractivity contribution is 0.256. The molecule has 3 aromatic carbocycles. The zero-order valence-corrected chi connectivity index (χ0v) is 17.5. The molecule has 2 N–H and O–H groups in total. The van der Waals surface area contributed by atoms with Gasteiger partial charge in [0.25, 0.3) is 0 Å². The minimum absolute atomic E-state index is 0.335. The van der Waals surface area contributed by atoms with Crippen LogP contribution in [0.2, 0.25) is 0 Å². The number of rotatable bonds is 6. The molecule has 3 aromatic rings. The van der Waals surface area contributed by atoms with Crippen LogP contribution in [0, 0.1) is 13.8 Å². The maximum atomic E-state index is 12.3. The first-order chi connectivity index (χ1) is 13.9. The number of aryl methyl sites for hydroxylation is 2. The van der Waals surface area contributed by atoms with Crippen molar-refractivity contribution in [1.82, 2.24) is 4.72 Å². The van der Waals surface area contributed by atoms with E-state index in [4.69, 9.17) is 4.18 Å². The van der Waals surface area contributed by atoms with Crippen molar-refractivity contribution in [3.05, 3.63) is 83.9 Å². The van der Waals surface area contributed by atoms with Crippen molar-refractivity contribution in [2.75, 3.05) is 5.32 Å². The summed E-state index contributed by atoms with van der Waals surface area (Å²) in [5.74, 6) is 0.335. The molecule has 0 heterocycles. The minimum atomic E-state index is -1.68. The van der Waals surface area contributed by atoms with E-state index < -0.39 is 28.5 Å². The van der Waals surface area contributed by atoms with Crippen LogP contribution >= 0.6 is 0 Å². The standard InChI is InChI=1S/C21H20N2O4S2/c1-15-6-10-19(11-7-15)28(25)23-21(24)22-17-4-3-5-18(14-17)27-29(26)20-12-8-16(2)9-13-20/h3-14H,1-2H3,(H2,22,23,24). The number of amides is 2. The van der Waals surface area contributed by atoms with Gasteiger partial charge in [0.1, 0.15) is 17.1 Å². The Bertz CT molecular complexity index is 1010. The smallest absolute Gasteiger partial charge is 0.361 e. The molecule has 2 amide bonds. The third-order valence-electron chi connectivity index (χ3n) is 3.90. The number of hydrogen-bond acceptors (Lipinski definition) is 4. The molecule has 6 nitrogen and oxygen atoms in total. The molecular formula is C21H20N2O4S2. The molecule has 0 saturated carbocycles. The average Bonchev–Trinajstić information content (AvgIpc) is 2.69. The normalized spacial score (nSPS) is 12.7. The molecule has 2 atom stereocenters. The van der Waals surface area contributed by atoms with E-state index in [-0.39, 0.29) is 0 Å². The summed E-state index contributed by atoms with van der Waals surface area (Å²) in [5, 5.41) is 2.59. The quantitative estimate of drug-likeness (QED) is 0.574. The van der Waals surface area contributed by atoms with Gasteiger partial charge >= 0.3 is 6.03 Å². The summed E-state index contributed by atoms with van der Waals surface area (Å²) in [5.41, 5.74) is 2.52. The van der Waals surface area contributed by atoms with Crippen LogP contribution < -0.4 is 14.2 Å². The fourth-order valence-corrected chi connectivity index (χ4v) is 3.83. The summed E-state index contributed by atoms with van der Waals surface area (Å²) in [6, 6.07) is 20.1. The predicted molar refractivity (Wildman–Crippen MR) is 114 cm³/mol. The third kappa shape index (κ3) is 6.08. The van der Waals surface area contributed by atoms with E-state index in [9.17, 15) is 13.6 Å². The maximum Gasteiger partial charge on any atom is 0.361 e. The van der Waals surface area contributed by atoms with Gasteiger partial charge in [-0.2, -0.15) is 0 Å². The largest absolute Gasteiger partial charge is 0.588 e. The lowest BCUT2D eigenvalue weighted by Crippen LogP contribution is -2.34. The highest BCUT2D eigenvalue weighted by Gasteiger charge is 2.16. The molecule has 8 heteroatoms. The highest BCUT2D eigenvalue weighted by Crippen LogP contribution is 2.21. The number of benzene rings is 3. The van der Waals surface area contributed by atoms with Crippen LogP contribution in [0.15, 0.2) is 82.6 Å². The summed E-state index contributed by atoms with van der Waals surface area (Å²) >= 11 is -3.36. The zero-order valence-electron chi connectivity index (χ0n) is 15.9. The van der Waals surface area contributed by atoms with Gasteiger partial charge in [-0.05, 0) is 50.2 Å². The second kappa shape index (κ2) is 9.60. The molecule has 0 aliphatic heterocycles. The molecule has 0 spiro atoms. The van der Waals surface area contributed by atoms with Crippen LogP contribution in [0.3, 0.4) is 0 Å². The molecule has 0 radical (unpaired) electrons. The Kier molecular flexibility index (Phi) is 6.92. The van der Waals surface area contributed by atoms with Crippen LogP contribution in [0.1, 0.15) is 11.1 Å². The van der Waals surface area contributed by atoms with Crippen LogP contribution in [0.25, 0.3) is 0 Å². The molecule has 0 aliphatic rings. The van der Waals surface area contributed by atoms with E-state index >= 15 is 0 Å². The third-order valence-corrected chi connectivity index (χ3v) is 5.97. The monoisotopic (exact) mass is 428 g/mol. The molecule has 3 rings (SSSR count). The fourth-order valence-electron chi connectivity index (χ4n) is 2.37. The lowest BCUT2D eigenvalue weighted by Gasteiger charge is -2.12. The van der Waals surface area contributed by atoms with Gasteiger partial charge < -0.3 is 14.1 Å². The number of carbonyl (C=O) groups is 1. The molecule has 29 heavy (non-hydrogen) atoms. The summed E-state index contributed by atoms with van der Waals surface area (Å²) in [6.45, 7) is 3.87. The number of carbonyl (C=O) groups excluding carboxylic acids is 1. The first kappa shape index (κ1) is 20.9. The molecular weight excluding hydrogens is 408 g/mol. The summed E-state index contributed by atoms with van der Waals surface area (Å²) in [6.07, 6.45) is 0. The van der Waals surface area contributed by atoms with Crippen LogP contribution in [-0.2, 0) is 22.4 Å². The molecule has 0 bridgehead atoms. The van der Waals surface area contributed by atoms with E-state index in [0.29, 0.717) is 21.2 Å². The molecule has 0 aliphatic carbocycles. The van der Waals surface area contributed by atoms with Gasteiger partial charge in [0, 0.05) is 11.8 Å². The Morgan fingerprint density at radius 2 is 1.59 bits per heavy atom.